The Hall–Kier alpha value is -0.580. The van der Waals surface area contributed by atoms with E-state index in [2.05, 4.69) is 12.2 Å². The zero-order chi connectivity index (χ0) is 9.97. The Kier molecular flexibility index (Phi) is 3.05. The monoisotopic (exact) mass is 226 g/mol. The molecule has 1 aliphatic rings. The fraction of sp³-hybridized carbons (Fsp3) is 0.400. The standard InChI is InChI=1S/C10H10O2S2/c11-8(2-5-13)10-7-3-6-14-9(7)1-4-12-10/h3,5-6,10H,1-2,4H2. The number of ketones is 1. The van der Waals surface area contributed by atoms with Gasteiger partial charge in [-0.1, -0.05) is 12.2 Å². The van der Waals surface area contributed by atoms with Crippen LogP contribution in [0, 0.1) is 0 Å². The molecule has 0 N–H and O–H groups in total. The highest BCUT2D eigenvalue weighted by Crippen LogP contribution is 2.31. The maximum atomic E-state index is 11.6. The summed E-state index contributed by atoms with van der Waals surface area (Å²) in [6.45, 7) is 0.640. The summed E-state index contributed by atoms with van der Waals surface area (Å²) >= 11 is 6.37. The maximum absolute atomic E-state index is 11.6. The lowest BCUT2D eigenvalue weighted by molar-refractivity contribution is -0.130. The number of carbonyl (C=O) groups excluding carboxylic acids is 1. The molecule has 0 spiro atoms. The van der Waals surface area contributed by atoms with Crippen LogP contribution in [-0.2, 0) is 16.0 Å². The number of thiocarbonyl (C=S) groups is 1. The van der Waals surface area contributed by atoms with Crippen LogP contribution in [0.2, 0.25) is 0 Å². The minimum atomic E-state index is -0.371. The van der Waals surface area contributed by atoms with Gasteiger partial charge in [-0.3, -0.25) is 4.79 Å². The van der Waals surface area contributed by atoms with Crippen LogP contribution in [0.25, 0.3) is 0 Å². The first-order chi connectivity index (χ1) is 6.83. The Morgan fingerprint density at radius 2 is 2.64 bits per heavy atom. The maximum Gasteiger partial charge on any atom is 0.170 e. The Labute approximate surface area is 91.9 Å². The second-order valence-corrected chi connectivity index (χ2v) is 4.47. The highest BCUT2D eigenvalue weighted by Gasteiger charge is 2.27. The van der Waals surface area contributed by atoms with Crippen LogP contribution in [-0.4, -0.2) is 17.8 Å². The molecule has 0 amide bonds. The molecule has 1 aliphatic heterocycles. The van der Waals surface area contributed by atoms with Gasteiger partial charge in [0.15, 0.2) is 5.78 Å². The van der Waals surface area contributed by atoms with Crippen molar-refractivity contribution in [2.24, 2.45) is 0 Å². The molecule has 0 aliphatic carbocycles. The zero-order valence-electron chi connectivity index (χ0n) is 7.56. The topological polar surface area (TPSA) is 26.3 Å². The lowest BCUT2D eigenvalue weighted by Gasteiger charge is -2.21. The van der Waals surface area contributed by atoms with Gasteiger partial charge in [-0.25, -0.2) is 0 Å². The molecule has 1 unspecified atom stereocenters. The lowest BCUT2D eigenvalue weighted by Crippen LogP contribution is -2.22. The molecule has 14 heavy (non-hydrogen) atoms. The Morgan fingerprint density at radius 3 is 3.43 bits per heavy atom. The van der Waals surface area contributed by atoms with E-state index in [0.717, 1.165) is 12.0 Å². The number of thiophene rings is 1. The normalized spacial score (nSPS) is 20.1. The van der Waals surface area contributed by atoms with Crippen LogP contribution >= 0.6 is 23.6 Å². The van der Waals surface area contributed by atoms with Gasteiger partial charge >= 0.3 is 0 Å². The summed E-state index contributed by atoms with van der Waals surface area (Å²) in [5.41, 5.74) is 1.04. The largest absolute Gasteiger partial charge is 0.365 e. The Balaban J connectivity index is 2.23. The molecule has 2 heterocycles. The van der Waals surface area contributed by atoms with Crippen molar-refractivity contribution in [1.82, 2.24) is 0 Å². The van der Waals surface area contributed by atoms with Crippen molar-refractivity contribution in [3.8, 4) is 0 Å². The minimum Gasteiger partial charge on any atom is -0.365 e. The van der Waals surface area contributed by atoms with Crippen LogP contribution in [0.15, 0.2) is 11.4 Å². The Bertz CT molecular complexity index is 357. The molecule has 4 heteroatoms. The third-order valence-electron chi connectivity index (χ3n) is 2.25. The molecule has 2 nitrogen and oxygen atoms in total. The van der Waals surface area contributed by atoms with Gasteiger partial charge in [-0.15, -0.1) is 11.3 Å². The van der Waals surface area contributed by atoms with Crippen molar-refractivity contribution in [3.05, 3.63) is 21.9 Å². The van der Waals surface area contributed by atoms with E-state index >= 15 is 0 Å². The molecule has 0 bridgehead atoms. The summed E-state index contributed by atoms with van der Waals surface area (Å²) in [7, 11) is 0. The van der Waals surface area contributed by atoms with Crippen LogP contribution in [0.1, 0.15) is 23.0 Å². The average molecular weight is 226 g/mol. The number of ether oxygens (including phenoxy) is 1. The number of rotatable bonds is 3. The van der Waals surface area contributed by atoms with Gasteiger partial charge in [0.05, 0.1) is 6.61 Å². The fourth-order valence-corrected chi connectivity index (χ4v) is 2.66. The van der Waals surface area contributed by atoms with E-state index in [-0.39, 0.29) is 11.9 Å². The molecule has 1 aromatic heterocycles. The third kappa shape index (κ3) is 1.78. The second-order valence-electron chi connectivity index (χ2n) is 3.14. The zero-order valence-corrected chi connectivity index (χ0v) is 9.20. The van der Waals surface area contributed by atoms with Crippen LogP contribution in [0.3, 0.4) is 0 Å². The van der Waals surface area contributed by atoms with Gasteiger partial charge in [0.2, 0.25) is 0 Å². The number of hydrogen-bond donors (Lipinski definition) is 0. The molecule has 0 saturated carbocycles. The summed E-state index contributed by atoms with van der Waals surface area (Å²) in [6.07, 6.45) is 0.869. The summed E-state index contributed by atoms with van der Waals surface area (Å²) in [5.74, 6) is 0.0688. The van der Waals surface area contributed by atoms with Crippen molar-refractivity contribution in [1.29, 1.82) is 0 Å². The first kappa shape index (κ1) is 9.96. The lowest BCUT2D eigenvalue weighted by atomic mass is 10.0. The van der Waals surface area contributed by atoms with Gasteiger partial charge in [0.25, 0.3) is 0 Å². The van der Waals surface area contributed by atoms with E-state index in [4.69, 9.17) is 4.74 Å². The molecule has 0 fully saturated rings. The van der Waals surface area contributed by atoms with Crippen molar-refractivity contribution < 1.29 is 9.53 Å². The molecular formula is C10H10O2S2. The van der Waals surface area contributed by atoms with E-state index in [9.17, 15) is 4.79 Å². The molecular weight excluding hydrogens is 216 g/mol. The highest BCUT2D eigenvalue weighted by atomic mass is 32.1. The van der Waals surface area contributed by atoms with Gasteiger partial charge in [-0.05, 0) is 16.8 Å². The summed E-state index contributed by atoms with van der Waals surface area (Å²) in [4.78, 5) is 12.9. The molecule has 1 aromatic rings. The fourth-order valence-electron chi connectivity index (χ4n) is 1.60. The molecule has 1 atom stereocenters. The smallest absolute Gasteiger partial charge is 0.170 e. The summed E-state index contributed by atoms with van der Waals surface area (Å²) in [6, 6.07) is 1.98. The van der Waals surface area contributed by atoms with Crippen LogP contribution in [0.4, 0.5) is 0 Å². The number of Topliss-reactive ketones (excluding diaryl/α,β-unsaturated/α-hetero) is 1. The van der Waals surface area contributed by atoms with Gasteiger partial charge in [0.1, 0.15) is 6.10 Å². The van der Waals surface area contributed by atoms with Crippen molar-refractivity contribution in [3.63, 3.8) is 0 Å². The number of hydrogen-bond acceptors (Lipinski definition) is 4. The molecule has 74 valence electrons. The molecule has 2 rings (SSSR count). The summed E-state index contributed by atoms with van der Waals surface area (Å²) < 4.78 is 5.47. The Morgan fingerprint density at radius 1 is 1.79 bits per heavy atom. The predicted molar refractivity (Wildman–Crippen MR) is 60.0 cm³/mol. The first-order valence-electron chi connectivity index (χ1n) is 4.47. The average Bonchev–Trinajstić information content (AvgIpc) is 2.65. The highest BCUT2D eigenvalue weighted by molar-refractivity contribution is 7.79. The first-order valence-corrected chi connectivity index (χ1v) is 5.82. The van der Waals surface area contributed by atoms with E-state index < -0.39 is 0 Å². The van der Waals surface area contributed by atoms with E-state index in [0.29, 0.717) is 13.0 Å². The van der Waals surface area contributed by atoms with Gasteiger partial charge in [-0.2, -0.15) is 0 Å². The molecule has 0 aromatic carbocycles. The van der Waals surface area contributed by atoms with Crippen molar-refractivity contribution in [2.45, 2.75) is 18.9 Å². The van der Waals surface area contributed by atoms with E-state index in [1.807, 2.05) is 11.4 Å². The number of fused-ring (bicyclic) bond motifs is 1. The molecule has 0 radical (unpaired) electrons. The van der Waals surface area contributed by atoms with Crippen LogP contribution < -0.4 is 0 Å². The van der Waals surface area contributed by atoms with Crippen LogP contribution in [0.5, 0.6) is 0 Å². The quantitative estimate of drug-likeness (QED) is 0.740. The number of carbonyl (C=O) groups is 1. The van der Waals surface area contributed by atoms with E-state index in [1.165, 1.54) is 10.2 Å². The molecule has 0 saturated heterocycles. The van der Waals surface area contributed by atoms with Gasteiger partial charge < -0.3 is 4.74 Å². The summed E-state index contributed by atoms with van der Waals surface area (Å²) in [5, 5.41) is 3.48. The predicted octanol–water partition coefficient (Wildman–Crippen LogP) is 2.32. The van der Waals surface area contributed by atoms with Crippen molar-refractivity contribution >= 4 is 34.7 Å². The second kappa shape index (κ2) is 4.29. The third-order valence-corrected chi connectivity index (χ3v) is 3.42. The SMILES string of the molecule is O=C(CC=S)C1OCCc2sccc21. The minimum absolute atomic E-state index is 0.0688. The van der Waals surface area contributed by atoms with Crippen molar-refractivity contribution in [2.75, 3.05) is 6.61 Å². The van der Waals surface area contributed by atoms with Gasteiger partial charge in [0, 0.05) is 23.3 Å². The van der Waals surface area contributed by atoms with E-state index in [1.54, 1.807) is 11.3 Å².